The fourth-order valence-electron chi connectivity index (χ4n) is 3.14. The first-order chi connectivity index (χ1) is 13.7. The minimum Gasteiger partial charge on any atom is -0.454 e. The molecule has 7 heteroatoms. The number of anilines is 4. The van der Waals surface area contributed by atoms with E-state index in [-0.39, 0.29) is 6.79 Å². The first-order valence-corrected chi connectivity index (χ1v) is 8.88. The number of aromatic nitrogens is 3. The van der Waals surface area contributed by atoms with E-state index in [4.69, 9.17) is 9.47 Å². The number of pyridine rings is 1. The molecule has 0 fully saturated rings. The molecule has 28 heavy (non-hydrogen) atoms. The van der Waals surface area contributed by atoms with Gasteiger partial charge < -0.3 is 20.1 Å². The quantitative estimate of drug-likeness (QED) is 0.545. The molecule has 0 spiro atoms. The van der Waals surface area contributed by atoms with Gasteiger partial charge in [0.15, 0.2) is 11.5 Å². The van der Waals surface area contributed by atoms with Gasteiger partial charge in [-0.25, -0.2) is 9.97 Å². The SMILES string of the molecule is Cc1cc(Nc2ccc3c(c2)OCO3)nc(Nc2nccc3ccccc23)n1. The van der Waals surface area contributed by atoms with Crippen LogP contribution in [0.25, 0.3) is 10.8 Å². The van der Waals surface area contributed by atoms with Gasteiger partial charge in [-0.05, 0) is 30.5 Å². The van der Waals surface area contributed by atoms with Crippen LogP contribution in [0.1, 0.15) is 5.69 Å². The van der Waals surface area contributed by atoms with Crippen LogP contribution in [-0.2, 0) is 0 Å². The smallest absolute Gasteiger partial charge is 0.231 e. The lowest BCUT2D eigenvalue weighted by atomic mass is 10.1. The maximum Gasteiger partial charge on any atom is 0.231 e. The van der Waals surface area contributed by atoms with Crippen LogP contribution in [-0.4, -0.2) is 21.7 Å². The van der Waals surface area contributed by atoms with Gasteiger partial charge in [0.25, 0.3) is 0 Å². The van der Waals surface area contributed by atoms with Crippen molar-refractivity contribution in [1.29, 1.82) is 0 Å². The molecule has 0 atom stereocenters. The zero-order chi connectivity index (χ0) is 18.9. The number of rotatable bonds is 4. The van der Waals surface area contributed by atoms with Crippen LogP contribution in [0.3, 0.4) is 0 Å². The molecule has 0 aliphatic carbocycles. The van der Waals surface area contributed by atoms with E-state index in [0.717, 1.165) is 33.7 Å². The third-order valence-electron chi connectivity index (χ3n) is 4.40. The highest BCUT2D eigenvalue weighted by Gasteiger charge is 2.14. The summed E-state index contributed by atoms with van der Waals surface area (Å²) in [5.74, 6) is 3.34. The second kappa shape index (κ2) is 6.70. The van der Waals surface area contributed by atoms with Gasteiger partial charge in [0, 0.05) is 35.1 Å². The van der Waals surface area contributed by atoms with Crippen molar-refractivity contribution in [3.05, 3.63) is 66.5 Å². The molecule has 5 rings (SSSR count). The van der Waals surface area contributed by atoms with E-state index in [1.165, 1.54) is 0 Å². The Labute approximate surface area is 161 Å². The Morgan fingerprint density at radius 2 is 1.79 bits per heavy atom. The lowest BCUT2D eigenvalue weighted by molar-refractivity contribution is 0.174. The topological polar surface area (TPSA) is 81.2 Å². The van der Waals surface area contributed by atoms with Crippen molar-refractivity contribution in [3.63, 3.8) is 0 Å². The van der Waals surface area contributed by atoms with Gasteiger partial charge in [0.1, 0.15) is 11.6 Å². The molecular weight excluding hydrogens is 354 g/mol. The van der Waals surface area contributed by atoms with E-state index in [9.17, 15) is 0 Å². The fraction of sp³-hybridized carbons (Fsp3) is 0.0952. The fourth-order valence-corrected chi connectivity index (χ4v) is 3.14. The number of fused-ring (bicyclic) bond motifs is 2. The Bertz CT molecular complexity index is 1170. The standard InChI is InChI=1S/C21H17N5O2/c1-13-10-19(24-15-6-7-17-18(11-15)28-12-27-17)25-21(23-13)26-20-16-5-3-2-4-14(16)8-9-22-20/h2-11H,12H2,1H3,(H2,22,23,24,25,26). The van der Waals surface area contributed by atoms with E-state index in [1.54, 1.807) is 6.20 Å². The highest BCUT2D eigenvalue weighted by atomic mass is 16.7. The van der Waals surface area contributed by atoms with Crippen LogP contribution in [0.5, 0.6) is 11.5 Å². The van der Waals surface area contributed by atoms with Crippen molar-refractivity contribution in [2.75, 3.05) is 17.4 Å². The Kier molecular flexibility index (Phi) is 3.90. The normalized spacial score (nSPS) is 12.2. The highest BCUT2D eigenvalue weighted by molar-refractivity contribution is 5.92. The molecule has 138 valence electrons. The van der Waals surface area contributed by atoms with Crippen molar-refractivity contribution in [1.82, 2.24) is 15.0 Å². The van der Waals surface area contributed by atoms with E-state index < -0.39 is 0 Å². The van der Waals surface area contributed by atoms with Crippen molar-refractivity contribution >= 4 is 34.0 Å². The molecular formula is C21H17N5O2. The monoisotopic (exact) mass is 371 g/mol. The number of nitrogens with one attached hydrogen (secondary N) is 2. The van der Waals surface area contributed by atoms with Gasteiger partial charge in [-0.1, -0.05) is 24.3 Å². The number of nitrogens with zero attached hydrogens (tertiary/aromatic N) is 3. The molecule has 3 heterocycles. The van der Waals surface area contributed by atoms with E-state index in [0.29, 0.717) is 17.5 Å². The Balaban J connectivity index is 1.44. The average molecular weight is 371 g/mol. The number of ether oxygens (including phenoxy) is 2. The number of hydrogen-bond donors (Lipinski definition) is 2. The zero-order valence-electron chi connectivity index (χ0n) is 15.1. The average Bonchev–Trinajstić information content (AvgIpc) is 3.16. The summed E-state index contributed by atoms with van der Waals surface area (Å²) in [5.41, 5.74) is 1.69. The van der Waals surface area contributed by atoms with Crippen molar-refractivity contribution in [3.8, 4) is 11.5 Å². The summed E-state index contributed by atoms with van der Waals surface area (Å²) >= 11 is 0. The molecule has 1 aliphatic heterocycles. The molecule has 7 nitrogen and oxygen atoms in total. The van der Waals surface area contributed by atoms with E-state index in [2.05, 4.69) is 25.6 Å². The second-order valence-electron chi connectivity index (χ2n) is 6.42. The highest BCUT2D eigenvalue weighted by Crippen LogP contribution is 2.35. The Morgan fingerprint density at radius 1 is 0.893 bits per heavy atom. The summed E-state index contributed by atoms with van der Waals surface area (Å²) in [6.45, 7) is 2.17. The predicted molar refractivity (Wildman–Crippen MR) is 108 cm³/mol. The van der Waals surface area contributed by atoms with Gasteiger partial charge in [-0.2, -0.15) is 4.98 Å². The lowest BCUT2D eigenvalue weighted by Gasteiger charge is -2.11. The summed E-state index contributed by atoms with van der Waals surface area (Å²) in [4.78, 5) is 13.5. The first-order valence-electron chi connectivity index (χ1n) is 8.88. The van der Waals surface area contributed by atoms with E-state index >= 15 is 0 Å². The molecule has 0 bridgehead atoms. The maximum atomic E-state index is 5.43. The molecule has 0 radical (unpaired) electrons. The van der Waals surface area contributed by atoms with Gasteiger partial charge >= 0.3 is 0 Å². The molecule has 0 saturated heterocycles. The lowest BCUT2D eigenvalue weighted by Crippen LogP contribution is -2.03. The molecule has 2 N–H and O–H groups in total. The summed E-state index contributed by atoms with van der Waals surface area (Å²) in [6.07, 6.45) is 1.77. The zero-order valence-corrected chi connectivity index (χ0v) is 15.1. The molecule has 0 amide bonds. The van der Waals surface area contributed by atoms with Crippen LogP contribution in [0.2, 0.25) is 0 Å². The van der Waals surface area contributed by atoms with Crippen LogP contribution in [0.15, 0.2) is 60.8 Å². The number of aryl methyl sites for hydroxylation is 1. The third-order valence-corrected chi connectivity index (χ3v) is 4.40. The summed E-state index contributed by atoms with van der Waals surface area (Å²) < 4.78 is 10.8. The van der Waals surface area contributed by atoms with E-state index in [1.807, 2.05) is 61.5 Å². The second-order valence-corrected chi connectivity index (χ2v) is 6.42. The Hall–Kier alpha value is -3.87. The largest absolute Gasteiger partial charge is 0.454 e. The first kappa shape index (κ1) is 16.3. The van der Waals surface area contributed by atoms with Gasteiger partial charge in [-0.15, -0.1) is 0 Å². The van der Waals surface area contributed by atoms with Crippen LogP contribution in [0, 0.1) is 6.92 Å². The minimum atomic E-state index is 0.248. The summed E-state index contributed by atoms with van der Waals surface area (Å²) in [5, 5.41) is 8.65. The van der Waals surface area contributed by atoms with Crippen molar-refractivity contribution in [2.24, 2.45) is 0 Å². The van der Waals surface area contributed by atoms with Crippen LogP contribution < -0.4 is 20.1 Å². The van der Waals surface area contributed by atoms with Crippen LogP contribution in [0.4, 0.5) is 23.3 Å². The van der Waals surface area contributed by atoms with Gasteiger partial charge in [-0.3, -0.25) is 0 Å². The van der Waals surface area contributed by atoms with Gasteiger partial charge in [0.05, 0.1) is 0 Å². The maximum absolute atomic E-state index is 5.43. The summed E-state index contributed by atoms with van der Waals surface area (Å²) in [6, 6.07) is 17.6. The molecule has 2 aromatic heterocycles. The summed E-state index contributed by atoms with van der Waals surface area (Å²) in [7, 11) is 0. The molecule has 0 saturated carbocycles. The Morgan fingerprint density at radius 3 is 2.75 bits per heavy atom. The molecule has 2 aromatic carbocycles. The van der Waals surface area contributed by atoms with Crippen LogP contribution >= 0.6 is 0 Å². The van der Waals surface area contributed by atoms with Crippen molar-refractivity contribution in [2.45, 2.75) is 6.92 Å². The van der Waals surface area contributed by atoms with Crippen molar-refractivity contribution < 1.29 is 9.47 Å². The predicted octanol–water partition coefficient (Wildman–Crippen LogP) is 4.55. The molecule has 0 unspecified atom stereocenters. The minimum absolute atomic E-state index is 0.248. The number of hydrogen-bond acceptors (Lipinski definition) is 7. The molecule has 4 aromatic rings. The molecule has 1 aliphatic rings. The third kappa shape index (κ3) is 3.14. The van der Waals surface area contributed by atoms with Gasteiger partial charge in [0.2, 0.25) is 12.7 Å². The number of benzene rings is 2.